The van der Waals surface area contributed by atoms with Gasteiger partial charge in [0.1, 0.15) is 0 Å². The maximum absolute atomic E-state index is 11.8. The third-order valence-corrected chi connectivity index (χ3v) is 3.64. The fraction of sp³-hybridized carbons (Fsp3) is 0.467. The van der Waals surface area contributed by atoms with Gasteiger partial charge in [0.15, 0.2) is 5.58 Å². The van der Waals surface area contributed by atoms with Gasteiger partial charge in [0.2, 0.25) is 0 Å². The second kappa shape index (κ2) is 9.40. The van der Waals surface area contributed by atoms with Crippen LogP contribution in [0.3, 0.4) is 0 Å². The van der Waals surface area contributed by atoms with Crippen molar-refractivity contribution < 1.29 is 14.3 Å². The van der Waals surface area contributed by atoms with Gasteiger partial charge in [-0.2, -0.15) is 0 Å². The Morgan fingerprint density at radius 1 is 1.18 bits per heavy atom. The molecule has 2 rings (SSSR count). The molecule has 1 heterocycles. The van der Waals surface area contributed by atoms with Crippen LogP contribution < -0.4 is 5.76 Å². The van der Waals surface area contributed by atoms with Gasteiger partial charge in [0, 0.05) is 18.0 Å². The van der Waals surface area contributed by atoms with Crippen molar-refractivity contribution in [3.63, 3.8) is 0 Å². The number of oxazole rings is 1. The number of fused-ring (bicyclic) bond motifs is 1. The number of carboxylic acid groups (broad SMARTS) is 1. The van der Waals surface area contributed by atoms with E-state index >= 15 is 0 Å². The van der Waals surface area contributed by atoms with Gasteiger partial charge in [-0.3, -0.25) is 9.36 Å². The molecule has 1 aromatic heterocycles. The summed E-state index contributed by atoms with van der Waals surface area (Å²) in [7, 11) is 0. The SMILES string of the molecule is O=C(O)CCCCCCCn1c(=O)oc2ccc(Cl)cc21.[NaH]. The molecule has 0 saturated carbocycles. The van der Waals surface area contributed by atoms with Crippen molar-refractivity contribution in [1.82, 2.24) is 4.57 Å². The number of hydrogen-bond acceptors (Lipinski definition) is 3. The molecule has 0 aliphatic heterocycles. The molecule has 116 valence electrons. The van der Waals surface area contributed by atoms with Crippen LogP contribution in [0.5, 0.6) is 0 Å². The molecule has 5 nitrogen and oxygen atoms in total. The number of aryl methyl sites for hydroxylation is 1. The fourth-order valence-corrected chi connectivity index (χ4v) is 2.49. The zero-order valence-electron chi connectivity index (χ0n) is 11.7. The first-order valence-electron chi connectivity index (χ1n) is 7.08. The molecule has 0 aliphatic rings. The normalized spacial score (nSPS) is 10.6. The van der Waals surface area contributed by atoms with Gasteiger partial charge in [-0.1, -0.05) is 30.9 Å². The Morgan fingerprint density at radius 3 is 2.59 bits per heavy atom. The molecule has 0 atom stereocenters. The zero-order valence-corrected chi connectivity index (χ0v) is 12.4. The first-order chi connectivity index (χ1) is 10.1. The van der Waals surface area contributed by atoms with Crippen molar-refractivity contribution >= 4 is 58.2 Å². The van der Waals surface area contributed by atoms with E-state index in [2.05, 4.69) is 0 Å². The molecule has 0 amide bonds. The summed E-state index contributed by atoms with van der Waals surface area (Å²) in [6, 6.07) is 5.12. The zero-order chi connectivity index (χ0) is 15.2. The number of hydrogen-bond donors (Lipinski definition) is 1. The second-order valence-electron chi connectivity index (χ2n) is 5.04. The van der Waals surface area contributed by atoms with E-state index in [0.29, 0.717) is 23.6 Å². The van der Waals surface area contributed by atoms with E-state index in [1.54, 1.807) is 22.8 Å². The predicted molar refractivity (Wildman–Crippen MR) is 88.0 cm³/mol. The number of carboxylic acids is 1. The summed E-state index contributed by atoms with van der Waals surface area (Å²) in [6.45, 7) is 0.588. The predicted octanol–water partition coefficient (Wildman–Crippen LogP) is 3.02. The summed E-state index contributed by atoms with van der Waals surface area (Å²) in [5, 5.41) is 9.11. The Morgan fingerprint density at radius 2 is 1.86 bits per heavy atom. The Hall–Kier alpha value is -0.750. The number of aliphatic carboxylic acids is 1. The topological polar surface area (TPSA) is 72.4 Å². The van der Waals surface area contributed by atoms with Crippen LogP contribution >= 0.6 is 11.6 Å². The molecule has 0 radical (unpaired) electrons. The van der Waals surface area contributed by atoms with Crippen LogP contribution in [0.1, 0.15) is 38.5 Å². The van der Waals surface area contributed by atoms with E-state index in [4.69, 9.17) is 21.1 Å². The molecule has 0 bridgehead atoms. The quantitative estimate of drug-likeness (QED) is 0.594. The van der Waals surface area contributed by atoms with Crippen LogP contribution in [-0.2, 0) is 11.3 Å². The average Bonchev–Trinajstić information content (AvgIpc) is 2.73. The van der Waals surface area contributed by atoms with Crippen molar-refractivity contribution in [2.45, 2.75) is 45.1 Å². The molecule has 0 saturated heterocycles. The van der Waals surface area contributed by atoms with Gasteiger partial charge in [0.05, 0.1) is 5.52 Å². The second-order valence-corrected chi connectivity index (χ2v) is 5.48. The van der Waals surface area contributed by atoms with Crippen LogP contribution in [0.25, 0.3) is 11.1 Å². The summed E-state index contributed by atoms with van der Waals surface area (Å²) in [6.07, 6.45) is 4.62. The molecule has 0 unspecified atom stereocenters. The van der Waals surface area contributed by atoms with Crippen molar-refractivity contribution in [3.05, 3.63) is 33.8 Å². The number of carbonyl (C=O) groups is 1. The first-order valence-corrected chi connectivity index (χ1v) is 7.46. The molecular formula is C15H19ClNNaO4. The van der Waals surface area contributed by atoms with E-state index in [1.807, 2.05) is 0 Å². The summed E-state index contributed by atoms with van der Waals surface area (Å²) < 4.78 is 6.76. The first kappa shape index (κ1) is 19.3. The molecule has 0 spiro atoms. The Labute approximate surface area is 155 Å². The standard InChI is InChI=1S/C15H18ClNO4.Na.H/c16-11-7-8-13-12(10-11)17(15(20)21-13)9-5-3-1-2-4-6-14(18)19;;/h7-8,10H,1-6,9H2,(H,18,19);;. The Balaban J connectivity index is 0.00000242. The van der Waals surface area contributed by atoms with Crippen molar-refractivity contribution in [2.24, 2.45) is 0 Å². The van der Waals surface area contributed by atoms with Crippen molar-refractivity contribution in [2.75, 3.05) is 0 Å². The van der Waals surface area contributed by atoms with Gasteiger partial charge in [-0.15, -0.1) is 0 Å². The molecular weight excluding hydrogens is 317 g/mol. The van der Waals surface area contributed by atoms with E-state index in [9.17, 15) is 9.59 Å². The van der Waals surface area contributed by atoms with Gasteiger partial charge in [-0.05, 0) is 31.0 Å². The van der Waals surface area contributed by atoms with Crippen LogP contribution in [0.15, 0.2) is 27.4 Å². The van der Waals surface area contributed by atoms with E-state index in [-0.39, 0.29) is 41.7 Å². The molecule has 0 fully saturated rings. The molecule has 1 N–H and O–H groups in total. The third kappa shape index (κ3) is 5.47. The van der Waals surface area contributed by atoms with Crippen LogP contribution in [0.2, 0.25) is 5.02 Å². The minimum atomic E-state index is -0.747. The molecule has 1 aromatic carbocycles. The summed E-state index contributed by atoms with van der Waals surface area (Å²) in [4.78, 5) is 22.2. The van der Waals surface area contributed by atoms with Gasteiger partial charge in [-0.25, -0.2) is 4.79 Å². The number of benzene rings is 1. The van der Waals surface area contributed by atoms with Gasteiger partial charge < -0.3 is 9.52 Å². The van der Waals surface area contributed by atoms with Crippen LogP contribution in [-0.4, -0.2) is 45.2 Å². The van der Waals surface area contributed by atoms with Gasteiger partial charge >= 0.3 is 41.3 Å². The van der Waals surface area contributed by atoms with Crippen molar-refractivity contribution in [3.8, 4) is 0 Å². The number of halogens is 1. The molecule has 0 aliphatic carbocycles. The minimum absolute atomic E-state index is 0. The van der Waals surface area contributed by atoms with E-state index in [0.717, 1.165) is 31.2 Å². The van der Waals surface area contributed by atoms with Crippen LogP contribution in [0, 0.1) is 0 Å². The van der Waals surface area contributed by atoms with E-state index < -0.39 is 5.97 Å². The summed E-state index contributed by atoms with van der Waals surface area (Å²) >= 11 is 5.94. The third-order valence-electron chi connectivity index (χ3n) is 3.40. The molecule has 2 aromatic rings. The fourth-order valence-electron chi connectivity index (χ4n) is 2.32. The number of nitrogens with zero attached hydrogens (tertiary/aromatic N) is 1. The molecule has 22 heavy (non-hydrogen) atoms. The van der Waals surface area contributed by atoms with Crippen molar-refractivity contribution in [1.29, 1.82) is 0 Å². The summed E-state index contributed by atoms with van der Waals surface area (Å²) in [5.41, 5.74) is 1.27. The molecule has 7 heteroatoms. The number of unbranched alkanes of at least 4 members (excludes halogenated alkanes) is 4. The Kier molecular flexibility index (Phi) is 8.25. The number of rotatable bonds is 8. The number of aromatic nitrogens is 1. The van der Waals surface area contributed by atoms with Gasteiger partial charge in [0.25, 0.3) is 0 Å². The van der Waals surface area contributed by atoms with E-state index in [1.165, 1.54) is 0 Å². The van der Waals surface area contributed by atoms with Crippen LogP contribution in [0.4, 0.5) is 0 Å². The average molecular weight is 336 g/mol. The maximum atomic E-state index is 11.8. The Bertz CT molecular complexity index is 680. The monoisotopic (exact) mass is 335 g/mol. The summed E-state index contributed by atoms with van der Waals surface area (Å²) in [5.74, 6) is -1.11.